The number of nitrogens with one attached hydrogen (secondary N) is 1. The molecule has 7 nitrogen and oxygen atoms in total. The lowest BCUT2D eigenvalue weighted by Gasteiger charge is -2.27. The summed E-state index contributed by atoms with van der Waals surface area (Å²) in [4.78, 5) is 30.3. The highest BCUT2D eigenvalue weighted by Crippen LogP contribution is 2.30. The van der Waals surface area contributed by atoms with Crippen LogP contribution in [0.15, 0.2) is 90.0 Å². The molecule has 0 saturated carbocycles. The van der Waals surface area contributed by atoms with E-state index in [0.717, 1.165) is 37.8 Å². The standard InChI is InChI=1S/C26H22FN3O4S/c27-19-10-12-21(13-11-19)35(33,34)29(15-14-18-17-28-23-9-5-4-8-22(18)23)24-16-25(31)30(26(24)32)20-6-2-1-3-7-20/h1-13,17,24,28H,14-16H2. The summed E-state index contributed by atoms with van der Waals surface area (Å²) < 4.78 is 41.9. The second-order valence-electron chi connectivity index (χ2n) is 8.30. The zero-order valence-corrected chi connectivity index (χ0v) is 19.4. The molecule has 0 bridgehead atoms. The number of halogens is 1. The largest absolute Gasteiger partial charge is 0.361 e. The van der Waals surface area contributed by atoms with Crippen molar-refractivity contribution in [1.29, 1.82) is 0 Å². The van der Waals surface area contributed by atoms with Gasteiger partial charge in [-0.05, 0) is 54.4 Å². The van der Waals surface area contributed by atoms with E-state index in [-0.39, 0.29) is 17.9 Å². The number of benzene rings is 3. The van der Waals surface area contributed by atoms with Gasteiger partial charge < -0.3 is 4.98 Å². The Labute approximate surface area is 201 Å². The minimum absolute atomic E-state index is 0.0339. The predicted molar refractivity (Wildman–Crippen MR) is 130 cm³/mol. The van der Waals surface area contributed by atoms with Crippen molar-refractivity contribution >= 4 is 38.4 Å². The molecule has 5 rings (SSSR count). The second kappa shape index (κ2) is 9.09. The number of fused-ring (bicyclic) bond motifs is 1. The minimum Gasteiger partial charge on any atom is -0.361 e. The van der Waals surface area contributed by atoms with Crippen molar-refractivity contribution in [3.05, 3.63) is 96.4 Å². The maximum atomic E-state index is 13.7. The molecule has 1 aliphatic rings. The number of carbonyl (C=O) groups excluding carboxylic acids is 2. The summed E-state index contributed by atoms with van der Waals surface area (Å²) in [6, 6.07) is 19.3. The molecule has 178 valence electrons. The van der Waals surface area contributed by atoms with Gasteiger partial charge in [0.2, 0.25) is 15.9 Å². The van der Waals surface area contributed by atoms with Gasteiger partial charge in [-0.2, -0.15) is 4.31 Å². The molecule has 1 N–H and O–H groups in total. The number of nitrogens with zero attached hydrogens (tertiary/aromatic N) is 2. The number of H-pyrrole nitrogens is 1. The van der Waals surface area contributed by atoms with Crippen molar-refractivity contribution in [3.8, 4) is 0 Å². The van der Waals surface area contributed by atoms with Gasteiger partial charge in [0.25, 0.3) is 5.91 Å². The lowest BCUT2D eigenvalue weighted by atomic mass is 10.1. The van der Waals surface area contributed by atoms with E-state index < -0.39 is 33.7 Å². The monoisotopic (exact) mass is 491 g/mol. The Balaban J connectivity index is 1.51. The molecule has 0 aliphatic carbocycles. The molecule has 9 heteroatoms. The normalized spacial score (nSPS) is 16.5. The van der Waals surface area contributed by atoms with Crippen LogP contribution in [0.4, 0.5) is 10.1 Å². The van der Waals surface area contributed by atoms with Gasteiger partial charge in [-0.3, -0.25) is 9.59 Å². The Kier molecular flexibility index (Phi) is 5.96. The van der Waals surface area contributed by atoms with Crippen LogP contribution in [0.1, 0.15) is 12.0 Å². The highest BCUT2D eigenvalue weighted by molar-refractivity contribution is 7.89. The van der Waals surface area contributed by atoms with Gasteiger partial charge in [0.05, 0.1) is 17.0 Å². The van der Waals surface area contributed by atoms with Crippen LogP contribution in [0.25, 0.3) is 10.9 Å². The van der Waals surface area contributed by atoms with Crippen LogP contribution in [0.5, 0.6) is 0 Å². The van der Waals surface area contributed by atoms with Crippen LogP contribution >= 0.6 is 0 Å². The van der Waals surface area contributed by atoms with E-state index >= 15 is 0 Å². The van der Waals surface area contributed by atoms with Crippen LogP contribution in [-0.2, 0) is 26.0 Å². The zero-order chi connectivity index (χ0) is 24.6. The van der Waals surface area contributed by atoms with Crippen molar-refractivity contribution in [2.45, 2.75) is 23.8 Å². The Morgan fingerprint density at radius 3 is 2.37 bits per heavy atom. The highest BCUT2D eigenvalue weighted by Gasteiger charge is 2.46. The topological polar surface area (TPSA) is 90.5 Å². The molecule has 1 atom stereocenters. The van der Waals surface area contributed by atoms with E-state index in [1.165, 1.54) is 12.1 Å². The highest BCUT2D eigenvalue weighted by atomic mass is 32.2. The first-order valence-electron chi connectivity index (χ1n) is 11.1. The van der Waals surface area contributed by atoms with Crippen LogP contribution < -0.4 is 4.90 Å². The van der Waals surface area contributed by atoms with E-state index in [0.29, 0.717) is 12.1 Å². The van der Waals surface area contributed by atoms with Gasteiger partial charge in [0.15, 0.2) is 0 Å². The van der Waals surface area contributed by atoms with E-state index in [1.54, 1.807) is 30.3 Å². The van der Waals surface area contributed by atoms with Gasteiger partial charge >= 0.3 is 0 Å². The lowest BCUT2D eigenvalue weighted by molar-refractivity contribution is -0.122. The summed E-state index contributed by atoms with van der Waals surface area (Å²) in [7, 11) is -4.21. The van der Waals surface area contributed by atoms with Crippen LogP contribution in [0, 0.1) is 5.82 Å². The number of anilines is 1. The van der Waals surface area contributed by atoms with Gasteiger partial charge in [0, 0.05) is 23.6 Å². The number of imide groups is 1. The van der Waals surface area contributed by atoms with E-state index in [2.05, 4.69) is 4.98 Å². The smallest absolute Gasteiger partial charge is 0.252 e. The molecule has 1 saturated heterocycles. The Hall–Kier alpha value is -3.82. The number of aromatic amines is 1. The number of carbonyl (C=O) groups is 2. The Morgan fingerprint density at radius 1 is 0.943 bits per heavy atom. The summed E-state index contributed by atoms with van der Waals surface area (Å²) in [5, 5.41) is 0.950. The number of rotatable bonds is 7. The summed E-state index contributed by atoms with van der Waals surface area (Å²) in [5.74, 6) is -1.65. The van der Waals surface area contributed by atoms with Crippen LogP contribution in [0.3, 0.4) is 0 Å². The molecule has 1 fully saturated rings. The molecule has 1 aliphatic heterocycles. The molecule has 1 aromatic heterocycles. The third-order valence-corrected chi connectivity index (χ3v) is 8.10. The number of sulfonamides is 1. The fourth-order valence-corrected chi connectivity index (χ4v) is 6.03. The Bertz CT molecular complexity index is 1500. The quantitative estimate of drug-likeness (QED) is 0.398. The van der Waals surface area contributed by atoms with Gasteiger partial charge in [0.1, 0.15) is 11.9 Å². The number of para-hydroxylation sites is 2. The second-order valence-corrected chi connectivity index (χ2v) is 10.2. The fourth-order valence-electron chi connectivity index (χ4n) is 4.44. The lowest BCUT2D eigenvalue weighted by Crippen LogP contribution is -2.46. The maximum absolute atomic E-state index is 13.7. The first kappa shape index (κ1) is 22.9. The minimum atomic E-state index is -4.21. The molecule has 2 heterocycles. The third kappa shape index (κ3) is 4.24. The van der Waals surface area contributed by atoms with Gasteiger partial charge in [-0.25, -0.2) is 17.7 Å². The maximum Gasteiger partial charge on any atom is 0.252 e. The fraction of sp³-hybridized carbons (Fsp3) is 0.154. The SMILES string of the molecule is O=C1CC(N(CCc2c[nH]c3ccccc23)S(=O)(=O)c2ccc(F)cc2)C(=O)N1c1ccccc1. The van der Waals surface area contributed by atoms with Crippen molar-refractivity contribution in [2.24, 2.45) is 0 Å². The Morgan fingerprint density at radius 2 is 1.63 bits per heavy atom. The molecular weight excluding hydrogens is 469 g/mol. The summed E-state index contributed by atoms with van der Waals surface area (Å²) in [6.07, 6.45) is 1.85. The van der Waals surface area contributed by atoms with Crippen molar-refractivity contribution in [3.63, 3.8) is 0 Å². The molecule has 0 radical (unpaired) electrons. The summed E-state index contributed by atoms with van der Waals surface area (Å²) in [6.45, 7) is -0.0339. The number of amides is 2. The number of aromatic nitrogens is 1. The molecule has 3 aromatic carbocycles. The van der Waals surface area contributed by atoms with Crippen LogP contribution in [0.2, 0.25) is 0 Å². The van der Waals surface area contributed by atoms with E-state index in [9.17, 15) is 22.4 Å². The van der Waals surface area contributed by atoms with Crippen molar-refractivity contribution in [2.75, 3.05) is 11.4 Å². The third-order valence-electron chi connectivity index (χ3n) is 6.18. The van der Waals surface area contributed by atoms with Crippen LogP contribution in [-0.4, -0.2) is 42.1 Å². The van der Waals surface area contributed by atoms with Gasteiger partial charge in [-0.1, -0.05) is 36.4 Å². The first-order valence-corrected chi connectivity index (χ1v) is 12.5. The molecule has 0 spiro atoms. The number of hydrogen-bond acceptors (Lipinski definition) is 4. The summed E-state index contributed by atoms with van der Waals surface area (Å²) in [5.41, 5.74) is 2.19. The molecule has 1 unspecified atom stereocenters. The predicted octanol–water partition coefficient (Wildman–Crippen LogP) is 3.87. The van der Waals surface area contributed by atoms with Crippen molar-refractivity contribution in [1.82, 2.24) is 9.29 Å². The average Bonchev–Trinajstić information content (AvgIpc) is 3.40. The van der Waals surface area contributed by atoms with Crippen molar-refractivity contribution < 1.29 is 22.4 Å². The first-order chi connectivity index (χ1) is 16.9. The molecule has 4 aromatic rings. The zero-order valence-electron chi connectivity index (χ0n) is 18.6. The number of hydrogen-bond donors (Lipinski definition) is 1. The van der Waals surface area contributed by atoms with Gasteiger partial charge in [-0.15, -0.1) is 0 Å². The van der Waals surface area contributed by atoms with E-state index in [1.807, 2.05) is 30.5 Å². The molecule has 2 amide bonds. The average molecular weight is 492 g/mol. The summed E-state index contributed by atoms with van der Waals surface area (Å²) >= 11 is 0. The molecular formula is C26H22FN3O4S. The molecule has 35 heavy (non-hydrogen) atoms. The van der Waals surface area contributed by atoms with E-state index in [4.69, 9.17) is 0 Å².